The first kappa shape index (κ1) is 11.4. The quantitative estimate of drug-likeness (QED) is 0.878. The van der Waals surface area contributed by atoms with Crippen LogP contribution in [-0.4, -0.2) is 16.6 Å². The van der Waals surface area contributed by atoms with Crippen LogP contribution in [0.5, 0.6) is 5.88 Å². The van der Waals surface area contributed by atoms with E-state index in [2.05, 4.69) is 9.97 Å². The first-order valence-electron chi connectivity index (χ1n) is 5.54. The zero-order chi connectivity index (χ0) is 12.3. The Bertz CT molecular complexity index is 512. The van der Waals surface area contributed by atoms with Crippen molar-refractivity contribution in [2.24, 2.45) is 0 Å². The van der Waals surface area contributed by atoms with Gasteiger partial charge in [-0.25, -0.2) is 4.98 Å². The molecule has 88 valence electrons. The summed E-state index contributed by atoms with van der Waals surface area (Å²) >= 11 is 0. The summed E-state index contributed by atoms with van der Waals surface area (Å²) in [5.41, 5.74) is 8.44. The topological polar surface area (TPSA) is 61.0 Å². The average molecular weight is 229 g/mol. The lowest BCUT2D eigenvalue weighted by molar-refractivity contribution is 0.324. The summed E-state index contributed by atoms with van der Waals surface area (Å²) in [6.45, 7) is 4.41. The number of rotatable bonds is 3. The lowest BCUT2D eigenvalue weighted by Gasteiger charge is -2.10. The minimum absolute atomic E-state index is 0.234. The van der Waals surface area contributed by atoms with E-state index in [0.29, 0.717) is 12.5 Å². The number of nitrogens with two attached hydrogens (primary N) is 1. The van der Waals surface area contributed by atoms with Gasteiger partial charge >= 0.3 is 0 Å². The van der Waals surface area contributed by atoms with E-state index >= 15 is 0 Å². The van der Waals surface area contributed by atoms with Crippen LogP contribution in [0, 0.1) is 6.92 Å². The van der Waals surface area contributed by atoms with E-state index in [9.17, 15) is 0 Å². The second-order valence-corrected chi connectivity index (χ2v) is 3.66. The summed E-state index contributed by atoms with van der Waals surface area (Å²) in [5, 5.41) is 0. The predicted molar refractivity (Wildman–Crippen MR) is 67.8 cm³/mol. The molecule has 2 rings (SSSR count). The number of hydrogen-bond acceptors (Lipinski definition) is 4. The van der Waals surface area contributed by atoms with E-state index in [-0.39, 0.29) is 5.95 Å². The highest BCUT2D eigenvalue weighted by Crippen LogP contribution is 2.27. The number of nitrogens with zero attached hydrogens (tertiary/aromatic N) is 2. The summed E-state index contributed by atoms with van der Waals surface area (Å²) in [6, 6.07) is 9.88. The highest BCUT2D eigenvalue weighted by Gasteiger charge is 2.11. The van der Waals surface area contributed by atoms with Crippen LogP contribution in [-0.2, 0) is 0 Å². The van der Waals surface area contributed by atoms with Gasteiger partial charge in [-0.2, -0.15) is 4.98 Å². The maximum Gasteiger partial charge on any atom is 0.223 e. The molecule has 0 aliphatic carbocycles. The highest BCUT2D eigenvalue weighted by molar-refractivity contribution is 5.65. The van der Waals surface area contributed by atoms with Crippen LogP contribution in [0.15, 0.2) is 30.3 Å². The number of ether oxygens (including phenoxy) is 1. The first-order chi connectivity index (χ1) is 8.22. The van der Waals surface area contributed by atoms with Crippen molar-refractivity contribution >= 4 is 5.95 Å². The fourth-order valence-corrected chi connectivity index (χ4v) is 1.67. The molecule has 0 bridgehead atoms. The normalized spacial score (nSPS) is 10.2. The molecule has 17 heavy (non-hydrogen) atoms. The summed E-state index contributed by atoms with van der Waals surface area (Å²) in [4.78, 5) is 8.37. The standard InChI is InChI=1S/C13H15N3O/c1-3-17-12-9(2)11(15-13(14)16-12)10-7-5-4-6-8-10/h4-8H,3H2,1-2H3,(H2,14,15,16). The Balaban J connectivity index is 2.54. The van der Waals surface area contributed by atoms with Gasteiger partial charge in [0.25, 0.3) is 0 Å². The van der Waals surface area contributed by atoms with Crippen molar-refractivity contribution in [1.29, 1.82) is 0 Å². The maximum atomic E-state index is 5.69. The van der Waals surface area contributed by atoms with Crippen LogP contribution < -0.4 is 10.5 Å². The van der Waals surface area contributed by atoms with Gasteiger partial charge in [0.2, 0.25) is 11.8 Å². The third-order valence-electron chi connectivity index (χ3n) is 2.45. The monoisotopic (exact) mass is 229 g/mol. The van der Waals surface area contributed by atoms with Gasteiger partial charge in [0.15, 0.2) is 0 Å². The minimum atomic E-state index is 0.234. The first-order valence-corrected chi connectivity index (χ1v) is 5.54. The summed E-state index contributed by atoms with van der Waals surface area (Å²) < 4.78 is 5.45. The highest BCUT2D eigenvalue weighted by atomic mass is 16.5. The Morgan fingerprint density at radius 3 is 2.53 bits per heavy atom. The number of hydrogen-bond donors (Lipinski definition) is 1. The SMILES string of the molecule is CCOc1nc(N)nc(-c2ccccc2)c1C. The van der Waals surface area contributed by atoms with Gasteiger partial charge in [-0.1, -0.05) is 30.3 Å². The van der Waals surface area contributed by atoms with Crippen molar-refractivity contribution in [3.05, 3.63) is 35.9 Å². The van der Waals surface area contributed by atoms with E-state index in [1.165, 1.54) is 0 Å². The molecule has 0 saturated heterocycles. The molecule has 0 spiro atoms. The van der Waals surface area contributed by atoms with Crippen molar-refractivity contribution in [2.45, 2.75) is 13.8 Å². The van der Waals surface area contributed by atoms with Gasteiger partial charge in [-0.05, 0) is 13.8 Å². The Morgan fingerprint density at radius 1 is 1.18 bits per heavy atom. The van der Waals surface area contributed by atoms with Crippen LogP contribution in [0.3, 0.4) is 0 Å². The Labute approximate surface area is 100 Å². The van der Waals surface area contributed by atoms with Crippen LogP contribution in [0.1, 0.15) is 12.5 Å². The van der Waals surface area contributed by atoms with Crippen molar-refractivity contribution < 1.29 is 4.74 Å². The molecule has 4 nitrogen and oxygen atoms in total. The Hall–Kier alpha value is -2.10. The molecule has 0 fully saturated rings. The maximum absolute atomic E-state index is 5.69. The molecule has 2 aromatic rings. The molecule has 0 aliphatic rings. The van der Waals surface area contributed by atoms with Crippen molar-refractivity contribution in [3.63, 3.8) is 0 Å². The average Bonchev–Trinajstić information content (AvgIpc) is 2.35. The van der Waals surface area contributed by atoms with E-state index in [4.69, 9.17) is 10.5 Å². The second kappa shape index (κ2) is 4.82. The van der Waals surface area contributed by atoms with Crippen LogP contribution in [0.4, 0.5) is 5.95 Å². The fraction of sp³-hybridized carbons (Fsp3) is 0.231. The van der Waals surface area contributed by atoms with E-state index in [0.717, 1.165) is 16.8 Å². The van der Waals surface area contributed by atoms with Crippen LogP contribution in [0.2, 0.25) is 0 Å². The number of aromatic nitrogens is 2. The zero-order valence-electron chi connectivity index (χ0n) is 9.97. The van der Waals surface area contributed by atoms with E-state index < -0.39 is 0 Å². The molecule has 0 aliphatic heterocycles. The Morgan fingerprint density at radius 2 is 1.88 bits per heavy atom. The third-order valence-corrected chi connectivity index (χ3v) is 2.45. The van der Waals surface area contributed by atoms with Gasteiger partial charge in [0, 0.05) is 11.1 Å². The minimum Gasteiger partial charge on any atom is -0.478 e. The Kier molecular flexibility index (Phi) is 3.23. The lowest BCUT2D eigenvalue weighted by atomic mass is 10.1. The summed E-state index contributed by atoms with van der Waals surface area (Å²) in [7, 11) is 0. The molecule has 4 heteroatoms. The second-order valence-electron chi connectivity index (χ2n) is 3.66. The molecule has 0 unspecified atom stereocenters. The molecule has 0 atom stereocenters. The van der Waals surface area contributed by atoms with Crippen LogP contribution in [0.25, 0.3) is 11.3 Å². The summed E-state index contributed by atoms with van der Waals surface area (Å²) in [6.07, 6.45) is 0. The largest absolute Gasteiger partial charge is 0.478 e. The van der Waals surface area contributed by atoms with Crippen LogP contribution >= 0.6 is 0 Å². The molecule has 2 N–H and O–H groups in total. The third kappa shape index (κ3) is 2.36. The van der Waals surface area contributed by atoms with Gasteiger partial charge < -0.3 is 10.5 Å². The molecule has 1 aromatic heterocycles. The molecule has 1 aromatic carbocycles. The van der Waals surface area contributed by atoms with E-state index in [1.807, 2.05) is 44.2 Å². The molecule has 1 heterocycles. The summed E-state index contributed by atoms with van der Waals surface area (Å²) in [5.74, 6) is 0.789. The van der Waals surface area contributed by atoms with Crippen molar-refractivity contribution in [1.82, 2.24) is 9.97 Å². The molecular formula is C13H15N3O. The fourth-order valence-electron chi connectivity index (χ4n) is 1.67. The van der Waals surface area contributed by atoms with Gasteiger partial charge in [-0.15, -0.1) is 0 Å². The lowest BCUT2D eigenvalue weighted by Crippen LogP contribution is -2.04. The molecule has 0 saturated carbocycles. The number of nitrogen functional groups attached to an aromatic ring is 1. The molecule has 0 radical (unpaired) electrons. The van der Waals surface area contributed by atoms with Gasteiger partial charge in [-0.3, -0.25) is 0 Å². The number of anilines is 1. The van der Waals surface area contributed by atoms with Crippen molar-refractivity contribution in [3.8, 4) is 17.1 Å². The van der Waals surface area contributed by atoms with E-state index in [1.54, 1.807) is 0 Å². The predicted octanol–water partition coefficient (Wildman–Crippen LogP) is 2.43. The smallest absolute Gasteiger partial charge is 0.223 e. The molecular weight excluding hydrogens is 214 g/mol. The molecule has 0 amide bonds. The zero-order valence-corrected chi connectivity index (χ0v) is 9.97. The van der Waals surface area contributed by atoms with Crippen molar-refractivity contribution in [2.75, 3.05) is 12.3 Å². The number of benzene rings is 1. The van der Waals surface area contributed by atoms with Gasteiger partial charge in [0.05, 0.1) is 12.3 Å². The van der Waals surface area contributed by atoms with Gasteiger partial charge in [0.1, 0.15) is 0 Å².